The third-order valence-electron chi connectivity index (χ3n) is 5.30. The van der Waals surface area contributed by atoms with Crippen LogP contribution < -0.4 is 20.9 Å². The summed E-state index contributed by atoms with van der Waals surface area (Å²) in [6, 6.07) is 7.53. The van der Waals surface area contributed by atoms with Gasteiger partial charge in [0, 0.05) is 32.6 Å². The molecular weight excluding hydrogens is 410 g/mol. The topological polar surface area (TPSA) is 144 Å². The number of fused-ring (bicyclic) bond motifs is 1. The van der Waals surface area contributed by atoms with E-state index < -0.39 is 12.1 Å². The Hall–Kier alpha value is -3.47. The molecule has 11 heteroatoms. The van der Waals surface area contributed by atoms with Crippen molar-refractivity contribution in [2.45, 2.75) is 32.9 Å². The summed E-state index contributed by atoms with van der Waals surface area (Å²) in [5.41, 5.74) is 1.57. The molecule has 3 aromatic rings. The molecule has 1 atom stereocenters. The van der Waals surface area contributed by atoms with Crippen LogP contribution in [0.25, 0.3) is 11.0 Å². The van der Waals surface area contributed by atoms with Gasteiger partial charge in [0.2, 0.25) is 17.7 Å². The lowest BCUT2D eigenvalue weighted by molar-refractivity contribution is -0.122. The van der Waals surface area contributed by atoms with E-state index in [1.165, 1.54) is 0 Å². The van der Waals surface area contributed by atoms with Gasteiger partial charge in [-0.15, -0.1) is 5.10 Å². The van der Waals surface area contributed by atoms with Crippen LogP contribution in [0.15, 0.2) is 24.3 Å². The highest BCUT2D eigenvalue weighted by Gasteiger charge is 2.24. The number of carbonyl (C=O) groups is 2. The molecule has 170 valence electrons. The van der Waals surface area contributed by atoms with Crippen molar-refractivity contribution in [3.63, 3.8) is 0 Å². The molecule has 11 nitrogen and oxygen atoms in total. The van der Waals surface area contributed by atoms with Crippen molar-refractivity contribution < 1.29 is 9.59 Å². The van der Waals surface area contributed by atoms with Crippen LogP contribution in [0.2, 0.25) is 0 Å². The van der Waals surface area contributed by atoms with Crippen LogP contribution in [0.1, 0.15) is 49.3 Å². The molecule has 0 aliphatic carbocycles. The number of aromatic amines is 2. The minimum absolute atomic E-state index is 0.0797. The first-order valence-corrected chi connectivity index (χ1v) is 10.9. The van der Waals surface area contributed by atoms with Crippen LogP contribution in [0, 0.1) is 5.92 Å². The Labute approximate surface area is 185 Å². The van der Waals surface area contributed by atoms with Gasteiger partial charge < -0.3 is 25.8 Å². The summed E-state index contributed by atoms with van der Waals surface area (Å²) in [6.45, 7) is 7.34. The molecule has 2 aromatic heterocycles. The predicted octanol–water partition coefficient (Wildman–Crippen LogP) is 1.07. The fraction of sp³-hybridized carbons (Fsp3) is 0.476. The van der Waals surface area contributed by atoms with Crippen molar-refractivity contribution >= 4 is 28.8 Å². The Morgan fingerprint density at radius 2 is 1.91 bits per heavy atom. The second-order valence-electron chi connectivity index (χ2n) is 8.27. The minimum atomic E-state index is -0.831. The van der Waals surface area contributed by atoms with Gasteiger partial charge in [0.05, 0.1) is 11.0 Å². The number of aromatic nitrogens is 5. The van der Waals surface area contributed by atoms with Crippen LogP contribution in [0.4, 0.5) is 5.95 Å². The molecule has 5 N–H and O–H groups in total. The maximum Gasteiger partial charge on any atom is 0.290 e. The number of H-pyrrole nitrogens is 2. The maximum absolute atomic E-state index is 12.9. The quantitative estimate of drug-likeness (QED) is 0.330. The van der Waals surface area contributed by atoms with E-state index in [0.717, 1.165) is 43.6 Å². The molecular formula is C21H29N9O2. The summed E-state index contributed by atoms with van der Waals surface area (Å²) in [4.78, 5) is 39.5. The number of nitrogens with one attached hydrogen (secondary N) is 5. The lowest BCUT2D eigenvalue weighted by atomic mass is 10.1. The largest absolute Gasteiger partial charge is 0.339 e. The average Bonchev–Trinajstić information content (AvgIpc) is 3.45. The number of hydrogen-bond donors (Lipinski definition) is 5. The zero-order valence-corrected chi connectivity index (χ0v) is 18.3. The Balaban J connectivity index is 1.50. The van der Waals surface area contributed by atoms with Crippen molar-refractivity contribution in [1.82, 2.24) is 41.1 Å². The van der Waals surface area contributed by atoms with Gasteiger partial charge in [0.25, 0.3) is 5.91 Å². The molecule has 1 saturated heterocycles. The van der Waals surface area contributed by atoms with Crippen molar-refractivity contribution in [3.05, 3.63) is 35.9 Å². The first-order valence-electron chi connectivity index (χ1n) is 10.9. The first-order chi connectivity index (χ1) is 15.5. The number of carbonyl (C=O) groups excluding carboxylic acids is 2. The van der Waals surface area contributed by atoms with Crippen LogP contribution in [0.5, 0.6) is 0 Å². The molecule has 4 rings (SSSR count). The lowest BCUT2D eigenvalue weighted by Crippen LogP contribution is -2.44. The molecule has 1 aliphatic rings. The highest BCUT2D eigenvalue weighted by molar-refractivity contribution is 5.91. The summed E-state index contributed by atoms with van der Waals surface area (Å²) < 4.78 is 0. The molecule has 1 aromatic carbocycles. The Bertz CT molecular complexity index is 1040. The summed E-state index contributed by atoms with van der Waals surface area (Å²) >= 11 is 0. The number of imidazole rings is 1. The lowest BCUT2D eigenvalue weighted by Gasteiger charge is -2.25. The minimum Gasteiger partial charge on any atom is -0.339 e. The van der Waals surface area contributed by atoms with Crippen molar-refractivity contribution in [2.75, 3.05) is 31.1 Å². The fourth-order valence-corrected chi connectivity index (χ4v) is 3.50. The van der Waals surface area contributed by atoms with Crippen molar-refractivity contribution in [2.24, 2.45) is 5.92 Å². The van der Waals surface area contributed by atoms with E-state index in [9.17, 15) is 9.59 Å². The van der Waals surface area contributed by atoms with Crippen LogP contribution in [-0.2, 0) is 4.79 Å². The number of para-hydroxylation sites is 2. The van der Waals surface area contributed by atoms with Crippen molar-refractivity contribution in [1.29, 1.82) is 0 Å². The standard InChI is InChI=1S/C21H29N9O2/c1-13(2)7-8-16(31)25-18(17-23-14-5-3-4-6-15(14)24-17)26-20(32)19-27-21(29-28-19)30-11-9-22-10-12-30/h3-6,13,18,22H,7-12H2,1-2H3,(H,23,24)(H,25,31)(H,26,32)(H,27,28,29). The van der Waals surface area contributed by atoms with Crippen molar-refractivity contribution in [3.8, 4) is 0 Å². The maximum atomic E-state index is 12.9. The molecule has 1 unspecified atom stereocenters. The normalized spacial score (nSPS) is 15.2. The number of piperazine rings is 1. The fourth-order valence-electron chi connectivity index (χ4n) is 3.50. The summed E-state index contributed by atoms with van der Waals surface area (Å²) in [6.07, 6.45) is 0.282. The molecule has 2 amide bonds. The van der Waals surface area contributed by atoms with E-state index in [-0.39, 0.29) is 11.7 Å². The van der Waals surface area contributed by atoms with E-state index in [0.29, 0.717) is 24.1 Å². The van der Waals surface area contributed by atoms with Gasteiger partial charge in [0.1, 0.15) is 0 Å². The van der Waals surface area contributed by atoms with Gasteiger partial charge >= 0.3 is 0 Å². The Morgan fingerprint density at radius 3 is 2.66 bits per heavy atom. The molecule has 0 radical (unpaired) electrons. The van der Waals surface area contributed by atoms with E-state index in [2.05, 4.69) is 54.9 Å². The summed E-state index contributed by atoms with van der Waals surface area (Å²) in [5, 5.41) is 15.8. The van der Waals surface area contributed by atoms with Gasteiger partial charge in [-0.3, -0.25) is 14.7 Å². The van der Waals surface area contributed by atoms with Gasteiger partial charge in [0.15, 0.2) is 12.0 Å². The monoisotopic (exact) mass is 439 g/mol. The first kappa shape index (κ1) is 21.8. The average molecular weight is 440 g/mol. The molecule has 32 heavy (non-hydrogen) atoms. The smallest absolute Gasteiger partial charge is 0.290 e. The van der Waals surface area contributed by atoms with Gasteiger partial charge in [-0.1, -0.05) is 26.0 Å². The Kier molecular flexibility index (Phi) is 6.64. The second-order valence-corrected chi connectivity index (χ2v) is 8.27. The number of rotatable bonds is 8. The van der Waals surface area contributed by atoms with E-state index >= 15 is 0 Å². The molecule has 0 bridgehead atoms. The molecule has 3 heterocycles. The second kappa shape index (κ2) is 9.77. The Morgan fingerprint density at radius 1 is 1.12 bits per heavy atom. The SMILES string of the molecule is CC(C)CCC(=O)NC(NC(=O)c1nc(N2CCNCC2)n[nH]1)c1nc2ccccc2[nH]1. The molecule has 1 fully saturated rings. The third-order valence-corrected chi connectivity index (χ3v) is 5.30. The van der Waals surface area contributed by atoms with Crippen LogP contribution in [0.3, 0.4) is 0 Å². The van der Waals surface area contributed by atoms with Gasteiger partial charge in [-0.05, 0) is 24.5 Å². The number of hydrogen-bond acceptors (Lipinski definition) is 7. The zero-order valence-electron chi connectivity index (χ0n) is 18.3. The summed E-state index contributed by atoms with van der Waals surface area (Å²) in [5.74, 6) is 0.767. The summed E-state index contributed by atoms with van der Waals surface area (Å²) in [7, 11) is 0. The highest BCUT2D eigenvalue weighted by Crippen LogP contribution is 2.16. The predicted molar refractivity (Wildman–Crippen MR) is 120 cm³/mol. The number of nitrogens with zero attached hydrogens (tertiary/aromatic N) is 4. The van der Waals surface area contributed by atoms with Crippen LogP contribution >= 0.6 is 0 Å². The number of amides is 2. The molecule has 1 aliphatic heterocycles. The van der Waals surface area contributed by atoms with Gasteiger partial charge in [-0.2, -0.15) is 4.98 Å². The molecule has 0 saturated carbocycles. The van der Waals surface area contributed by atoms with Gasteiger partial charge in [-0.25, -0.2) is 4.98 Å². The molecule has 0 spiro atoms. The van der Waals surface area contributed by atoms with Crippen LogP contribution in [-0.4, -0.2) is 63.1 Å². The van der Waals surface area contributed by atoms with E-state index in [1.807, 2.05) is 29.2 Å². The number of benzene rings is 1. The third kappa shape index (κ3) is 5.22. The van der Waals surface area contributed by atoms with E-state index in [4.69, 9.17) is 0 Å². The highest BCUT2D eigenvalue weighted by atomic mass is 16.2. The number of anilines is 1. The van der Waals surface area contributed by atoms with E-state index in [1.54, 1.807) is 0 Å². The zero-order chi connectivity index (χ0) is 22.5.